The van der Waals surface area contributed by atoms with Crippen molar-refractivity contribution in [1.82, 2.24) is 0 Å². The molecule has 1 aromatic carbocycles. The van der Waals surface area contributed by atoms with Gasteiger partial charge in [0.2, 0.25) is 0 Å². The van der Waals surface area contributed by atoms with Crippen LogP contribution < -0.4 is 5.19 Å². The van der Waals surface area contributed by atoms with Gasteiger partial charge in [-0.3, -0.25) is 0 Å². The Bertz CT molecular complexity index is 394. The molecule has 0 atom stereocenters. The molecule has 0 saturated heterocycles. The van der Waals surface area contributed by atoms with Gasteiger partial charge in [0.05, 0.1) is 0 Å². The lowest BCUT2D eigenvalue weighted by Gasteiger charge is -2.18. The first kappa shape index (κ1) is 17.1. The number of benzene rings is 1. The van der Waals surface area contributed by atoms with Gasteiger partial charge in [-0.05, 0) is 25.3 Å². The Labute approximate surface area is 125 Å². The minimum Gasteiger partial charge on any atom is -0.390 e. The third-order valence-electron chi connectivity index (χ3n) is 3.07. The average molecular weight is 291 g/mol. The van der Waals surface area contributed by atoms with Crippen molar-refractivity contribution < 1.29 is 8.85 Å². The molecule has 0 bridgehead atoms. The van der Waals surface area contributed by atoms with Gasteiger partial charge in [0.25, 0.3) is 0 Å². The van der Waals surface area contributed by atoms with Crippen LogP contribution in [0.1, 0.15) is 52.0 Å². The summed E-state index contributed by atoms with van der Waals surface area (Å²) in [5.74, 6) is 0. The van der Waals surface area contributed by atoms with Gasteiger partial charge in [-0.15, -0.1) is 0 Å². The zero-order valence-electron chi connectivity index (χ0n) is 13.1. The van der Waals surface area contributed by atoms with Crippen molar-refractivity contribution in [2.45, 2.75) is 46.5 Å². The molecule has 0 fully saturated rings. The fourth-order valence-electron chi connectivity index (χ4n) is 1.85. The van der Waals surface area contributed by atoms with Crippen LogP contribution in [0.5, 0.6) is 0 Å². The van der Waals surface area contributed by atoms with Crippen molar-refractivity contribution >= 4 is 20.0 Å². The summed E-state index contributed by atoms with van der Waals surface area (Å²) in [6.07, 6.45) is 4.46. The van der Waals surface area contributed by atoms with Crippen molar-refractivity contribution in [3.05, 3.63) is 36.4 Å². The van der Waals surface area contributed by atoms with Crippen LogP contribution in [0.4, 0.5) is 0 Å². The molecular weight excluding hydrogens is 264 g/mol. The summed E-state index contributed by atoms with van der Waals surface area (Å²) >= 11 is 0. The lowest BCUT2D eigenvalue weighted by atomic mass is 10.1. The summed E-state index contributed by atoms with van der Waals surface area (Å²) in [7, 11) is -1.40. The average Bonchev–Trinajstić information content (AvgIpc) is 2.46. The van der Waals surface area contributed by atoms with Crippen LogP contribution in [0.2, 0.25) is 0 Å². The second-order valence-corrected chi connectivity index (χ2v) is 6.71. The van der Waals surface area contributed by atoms with Crippen LogP contribution in [0.25, 0.3) is 5.57 Å². The summed E-state index contributed by atoms with van der Waals surface area (Å²) < 4.78 is 12.1. The molecule has 0 unspecified atom stereocenters. The van der Waals surface area contributed by atoms with E-state index in [0.29, 0.717) is 0 Å². The molecule has 0 amide bonds. The third kappa shape index (κ3) is 5.61. The summed E-state index contributed by atoms with van der Waals surface area (Å²) in [4.78, 5) is 0. The van der Waals surface area contributed by atoms with E-state index >= 15 is 0 Å². The number of hydrogen-bond acceptors (Lipinski definition) is 2. The Morgan fingerprint density at radius 1 is 1.05 bits per heavy atom. The molecule has 0 spiro atoms. The normalized spacial score (nSPS) is 11.0. The molecule has 0 aromatic heterocycles. The number of rotatable bonds is 10. The van der Waals surface area contributed by atoms with Gasteiger partial charge in [-0.25, -0.2) is 0 Å². The Balaban J connectivity index is 2.81. The molecule has 3 heteroatoms. The Kier molecular flexibility index (Phi) is 8.50. The van der Waals surface area contributed by atoms with E-state index in [0.717, 1.165) is 44.5 Å². The van der Waals surface area contributed by atoms with Gasteiger partial charge < -0.3 is 8.85 Å². The second kappa shape index (κ2) is 9.92. The minimum absolute atomic E-state index is 0.779. The highest BCUT2D eigenvalue weighted by atomic mass is 28.3. The maximum absolute atomic E-state index is 6.04. The Morgan fingerprint density at radius 2 is 1.60 bits per heavy atom. The summed E-state index contributed by atoms with van der Waals surface area (Å²) in [5.41, 5.74) is 2.25. The van der Waals surface area contributed by atoms with E-state index in [9.17, 15) is 0 Å². The van der Waals surface area contributed by atoms with Crippen LogP contribution >= 0.6 is 0 Å². The molecule has 0 aliphatic rings. The highest BCUT2D eigenvalue weighted by Crippen LogP contribution is 2.11. The van der Waals surface area contributed by atoms with Gasteiger partial charge >= 0.3 is 9.28 Å². The fourth-order valence-corrected chi connectivity index (χ4v) is 3.65. The van der Waals surface area contributed by atoms with Gasteiger partial charge in [-0.1, -0.05) is 63.1 Å². The van der Waals surface area contributed by atoms with Crippen molar-refractivity contribution in [3.8, 4) is 0 Å². The summed E-state index contributed by atoms with van der Waals surface area (Å²) in [6.45, 7) is 12.0. The summed E-state index contributed by atoms with van der Waals surface area (Å²) in [6, 6.07) is 8.33. The van der Waals surface area contributed by atoms with E-state index in [2.05, 4.69) is 38.6 Å². The molecule has 0 aliphatic heterocycles. The Morgan fingerprint density at radius 3 is 2.10 bits per heavy atom. The molecule has 1 rings (SSSR count). The van der Waals surface area contributed by atoms with E-state index < -0.39 is 9.28 Å². The van der Waals surface area contributed by atoms with E-state index in [1.54, 1.807) is 0 Å². The molecule has 20 heavy (non-hydrogen) atoms. The monoisotopic (exact) mass is 291 g/mol. The van der Waals surface area contributed by atoms with Crippen LogP contribution in [0, 0.1) is 0 Å². The van der Waals surface area contributed by atoms with Crippen LogP contribution in [0.3, 0.4) is 0 Å². The molecule has 0 saturated carbocycles. The molecule has 0 aliphatic carbocycles. The van der Waals surface area contributed by atoms with Gasteiger partial charge in [0.15, 0.2) is 0 Å². The highest BCUT2D eigenvalue weighted by molar-refractivity contribution is 6.62. The first-order valence-electron chi connectivity index (χ1n) is 7.58. The lowest BCUT2D eigenvalue weighted by Crippen LogP contribution is -2.39. The highest BCUT2D eigenvalue weighted by Gasteiger charge is 2.22. The molecule has 2 nitrogen and oxygen atoms in total. The molecular formula is C17H27O2Si. The van der Waals surface area contributed by atoms with Gasteiger partial charge in [-0.2, -0.15) is 0 Å². The van der Waals surface area contributed by atoms with E-state index in [-0.39, 0.29) is 0 Å². The summed E-state index contributed by atoms with van der Waals surface area (Å²) in [5, 5.41) is 1.19. The maximum atomic E-state index is 6.04. The first-order valence-corrected chi connectivity index (χ1v) is 8.90. The largest absolute Gasteiger partial charge is 0.424 e. The molecule has 1 radical (unpaired) electrons. The quantitative estimate of drug-likeness (QED) is 0.478. The van der Waals surface area contributed by atoms with Crippen LogP contribution in [-0.2, 0) is 8.85 Å². The van der Waals surface area contributed by atoms with E-state index in [1.165, 1.54) is 10.8 Å². The topological polar surface area (TPSA) is 18.5 Å². The predicted octanol–water partition coefficient (Wildman–Crippen LogP) is 4.05. The van der Waals surface area contributed by atoms with Gasteiger partial charge in [0.1, 0.15) is 0 Å². The SMILES string of the molecule is C=C(C)c1ccccc1[Si](OCCCC)OCCCC. The van der Waals surface area contributed by atoms with Crippen molar-refractivity contribution in [3.63, 3.8) is 0 Å². The van der Waals surface area contributed by atoms with Crippen LogP contribution in [0.15, 0.2) is 30.8 Å². The molecule has 0 N–H and O–H groups in total. The van der Waals surface area contributed by atoms with E-state index in [4.69, 9.17) is 8.85 Å². The van der Waals surface area contributed by atoms with Gasteiger partial charge in [0, 0.05) is 18.4 Å². The smallest absolute Gasteiger partial charge is 0.390 e. The molecule has 0 heterocycles. The molecule has 1 aromatic rings. The second-order valence-electron chi connectivity index (χ2n) is 5.02. The fraction of sp³-hybridized carbons (Fsp3) is 0.529. The van der Waals surface area contributed by atoms with E-state index in [1.807, 2.05) is 13.0 Å². The number of unbranched alkanes of at least 4 members (excludes halogenated alkanes) is 2. The predicted molar refractivity (Wildman–Crippen MR) is 88.3 cm³/mol. The standard InChI is InChI=1S/C17H27O2Si/c1-5-7-13-18-20(19-14-8-6-2)17-12-10-9-11-16(17)15(3)4/h9-12H,3,5-8,13-14H2,1-2,4H3. The van der Waals surface area contributed by atoms with Crippen molar-refractivity contribution in [2.24, 2.45) is 0 Å². The van der Waals surface area contributed by atoms with Crippen LogP contribution in [-0.4, -0.2) is 22.5 Å². The maximum Gasteiger partial charge on any atom is 0.424 e. The zero-order valence-corrected chi connectivity index (χ0v) is 14.1. The first-order chi connectivity index (χ1) is 9.70. The number of allylic oxidation sites excluding steroid dienone is 1. The molecule has 111 valence electrons. The van der Waals surface area contributed by atoms with Crippen molar-refractivity contribution in [2.75, 3.05) is 13.2 Å². The number of hydrogen-bond donors (Lipinski definition) is 0. The zero-order chi connectivity index (χ0) is 14.8. The van der Waals surface area contributed by atoms with Crippen molar-refractivity contribution in [1.29, 1.82) is 0 Å². The Hall–Kier alpha value is -0.903. The minimum atomic E-state index is -1.40. The lowest BCUT2D eigenvalue weighted by molar-refractivity contribution is 0.202. The third-order valence-corrected chi connectivity index (χ3v) is 4.88.